The molecule has 8 aliphatic heterocycles. The summed E-state index contributed by atoms with van der Waals surface area (Å²) in [5.74, 6) is -18.5. The van der Waals surface area contributed by atoms with Crippen LogP contribution in [0.1, 0.15) is 106 Å². The van der Waals surface area contributed by atoms with Crippen LogP contribution in [0.4, 0.5) is 0 Å². The number of carbonyl (C=O) groups excluding carboxylic acids is 6. The van der Waals surface area contributed by atoms with Crippen molar-refractivity contribution in [3.63, 3.8) is 0 Å². The third kappa shape index (κ3) is 17.1. The number of aryl methyl sites for hydroxylation is 1. The number of amides is 6. The second kappa shape index (κ2) is 34.7. The van der Waals surface area contributed by atoms with E-state index in [1.54, 1.807) is 11.9 Å². The number of benzene rings is 8. The number of halogens is 2. The van der Waals surface area contributed by atoms with E-state index in [4.69, 9.17) is 62.1 Å². The van der Waals surface area contributed by atoms with E-state index >= 15 is 28.8 Å². The summed E-state index contributed by atoms with van der Waals surface area (Å²) in [5, 5.41) is 161. The number of aliphatic carboxylic acids is 2. The molecule has 0 radical (unpaired) electrons. The predicted molar refractivity (Wildman–Crippen MR) is 415 cm³/mol. The fourth-order valence-electron chi connectivity index (χ4n) is 15.0. The van der Waals surface area contributed by atoms with Crippen LogP contribution in [0.5, 0.6) is 69.0 Å². The lowest BCUT2D eigenvalue weighted by Crippen LogP contribution is -2.64. The van der Waals surface area contributed by atoms with Gasteiger partial charge >= 0.3 is 11.9 Å². The number of aliphatic hydroxyl groups excluding tert-OH is 7. The number of nitrogens with zero attached hydrogens (tertiary/aromatic N) is 1. The first kappa shape index (κ1) is 84.3. The molecule has 2 fully saturated rings. The molecule has 6 amide bonds. The number of carboxylic acid groups (broad SMARTS) is 2. The number of carboxylic acids is 2. The van der Waals surface area contributed by atoms with Gasteiger partial charge in [-0.05, 0) is 132 Å². The van der Waals surface area contributed by atoms with Gasteiger partial charge in [0.05, 0.1) is 22.7 Å². The van der Waals surface area contributed by atoms with Crippen molar-refractivity contribution >= 4 is 70.6 Å². The Labute approximate surface area is 690 Å². The van der Waals surface area contributed by atoms with E-state index in [9.17, 15) is 76.0 Å². The van der Waals surface area contributed by atoms with E-state index in [0.717, 1.165) is 103 Å². The van der Waals surface area contributed by atoms with E-state index in [-0.39, 0.29) is 34.9 Å². The number of aromatic hydroxyl groups is 4. The van der Waals surface area contributed by atoms with E-state index in [2.05, 4.69) is 38.8 Å². The zero-order valence-corrected chi connectivity index (χ0v) is 64.6. The van der Waals surface area contributed by atoms with E-state index in [0.29, 0.717) is 5.56 Å². The monoisotopic (exact) mass is 1690 g/mol. The first-order valence-electron chi connectivity index (χ1n) is 37.5. The van der Waals surface area contributed by atoms with E-state index in [1.807, 2.05) is 24.3 Å². The van der Waals surface area contributed by atoms with Crippen molar-refractivity contribution in [2.24, 2.45) is 5.73 Å². The lowest BCUT2D eigenvalue weighted by atomic mass is 9.89. The SMILES string of the molecule is CCCCc1ccc(CN(C)[C@H]2C(=O)N[C@@H]3Cc4ccc(cc4)Oc4cc5cc(c4O[C@@H]4OC(C(=O)O)C(O)[C@H](O)C4N)Oc4ccc(cc4Cl)[C@@H](O)C4NC(=O)[C@H](NC(=O)[C@@H]5NC(=O)[C@@H](NC3=O)c3cc(cc(O)c3Cl)Oc3cc2ccc3O)c2ccc(O)c(c2)-c2c(O[C@H]3O[C@H](CO)[C@@H](O)[C@H](O)[C@@H]3O)cc(O)cc2[C@@H](C(=O)O)NC4=O)cc1. The van der Waals surface area contributed by atoms with Crippen molar-refractivity contribution in [3.05, 3.63) is 200 Å². The minimum Gasteiger partial charge on any atom is -0.508 e. The van der Waals surface area contributed by atoms with Crippen LogP contribution < -0.4 is 61.3 Å². The van der Waals surface area contributed by atoms with Gasteiger partial charge in [-0.25, -0.2) is 9.59 Å². The van der Waals surface area contributed by atoms with Crippen LogP contribution in [0.15, 0.2) is 140 Å². The zero-order chi connectivity index (χ0) is 85.7. The molecule has 38 heteroatoms. The lowest BCUT2D eigenvalue weighted by Gasteiger charge is -2.40. The number of carbonyl (C=O) groups is 8. The number of nitrogens with two attached hydrogens (primary N) is 1. The molecule has 0 aromatic heterocycles. The molecule has 21 N–H and O–H groups in total. The van der Waals surface area contributed by atoms with Crippen molar-refractivity contribution in [2.75, 3.05) is 13.7 Å². The van der Waals surface area contributed by atoms with Gasteiger partial charge in [-0.15, -0.1) is 0 Å². The molecule has 4 unspecified atom stereocenters. The second-order valence-corrected chi connectivity index (χ2v) is 30.3. The average Bonchev–Trinajstić information content (AvgIpc) is 0.757. The summed E-state index contributed by atoms with van der Waals surface area (Å²) in [7, 11) is 1.64. The summed E-state index contributed by atoms with van der Waals surface area (Å²) in [5.41, 5.74) is 5.18. The lowest BCUT2D eigenvalue weighted by molar-refractivity contribution is -0.277. The molecule has 0 saturated carbocycles. The number of hydrogen-bond donors (Lipinski definition) is 20. The molecule has 2 saturated heterocycles. The van der Waals surface area contributed by atoms with Crippen molar-refractivity contribution in [1.82, 2.24) is 36.8 Å². The predicted octanol–water partition coefficient (Wildman–Crippen LogP) is 3.51. The van der Waals surface area contributed by atoms with Gasteiger partial charge < -0.3 is 137 Å². The highest BCUT2D eigenvalue weighted by Gasteiger charge is 2.50. The number of phenols is 4. The maximum atomic E-state index is 16.6. The molecule has 8 heterocycles. The first-order chi connectivity index (χ1) is 57.2. The molecular formula is C82H80Cl2N8O28. The van der Waals surface area contributed by atoms with Crippen molar-refractivity contribution in [3.8, 4) is 80.1 Å². The molecule has 16 rings (SSSR count). The van der Waals surface area contributed by atoms with Crippen LogP contribution in [0.2, 0.25) is 10.0 Å². The molecule has 0 aliphatic carbocycles. The van der Waals surface area contributed by atoms with E-state index < -0.39 is 265 Å². The molecule has 630 valence electrons. The van der Waals surface area contributed by atoms with Crippen LogP contribution in [0, 0.1) is 0 Å². The number of nitrogens with one attached hydrogen (secondary N) is 6. The Bertz CT molecular complexity index is 5360. The van der Waals surface area contributed by atoms with Crippen LogP contribution >= 0.6 is 23.2 Å². The van der Waals surface area contributed by atoms with Crippen LogP contribution in [0.25, 0.3) is 11.1 Å². The Kier molecular flexibility index (Phi) is 24.4. The molecule has 18 atom stereocenters. The highest BCUT2D eigenvalue weighted by atomic mass is 35.5. The number of likely N-dealkylation sites (N-methyl/N-ethyl adjacent to an activating group) is 1. The molecule has 0 spiro atoms. The second-order valence-electron chi connectivity index (χ2n) is 29.5. The quantitative estimate of drug-likeness (QED) is 0.0785. The standard InChI is InChI=1S/C82H80Cl2N8O28/c1-3-4-5-32-6-8-34(9-7-32)30-92(2)64-36-13-18-48(96)51(23-36)115-41-28-44(57(84)49(97)29-41)61-76(107)88-60-38-24-53(114-40-15-10-33(11-16-40)20-46(73(104)89-61)86-78(64)109)71(119-81-58(85)67(100)69(102)72(120-81)80(112)113)54(25-38)116-50-19-14-37(22-45(50)83)65(98)63-77(108)90-62(79(110)111)43-26-39(94)27-52(117-82-70(103)68(101)66(99)55(31-93)118-82)56(43)42-21-35(12-17-47(42)95)59(74(105)91-63)87-75(60)106/h6-19,21-29,46,55,58-70,72,81-82,93-103H,3-5,20,30-31,85H2,1-2H3,(H,86,109)(H,87,106)(H,88,107)(H,89,104)(H,90,108)(H,91,105)(H,110,111)(H,112,113)/t46-,55-,58?,59-,60-,61+,62+,63?,64-,65-,66-,67-,68+,69?,70+,72?,81-,82+/m1/s1. The summed E-state index contributed by atoms with van der Waals surface area (Å²) >= 11 is 14.1. The Morgan fingerprint density at radius 1 is 0.542 bits per heavy atom. The minimum atomic E-state index is -2.44. The maximum Gasteiger partial charge on any atom is 0.335 e. The summed E-state index contributed by atoms with van der Waals surface area (Å²) in [6.07, 6.45) is -18.7. The van der Waals surface area contributed by atoms with Gasteiger partial charge in [0.15, 0.2) is 35.1 Å². The maximum absolute atomic E-state index is 16.6. The fourth-order valence-corrected chi connectivity index (χ4v) is 15.4. The molecule has 8 aromatic carbocycles. The third-order valence-corrected chi connectivity index (χ3v) is 22.0. The van der Waals surface area contributed by atoms with Gasteiger partial charge in [0.2, 0.25) is 53.8 Å². The van der Waals surface area contributed by atoms with Crippen molar-refractivity contribution in [1.29, 1.82) is 0 Å². The number of rotatable bonds is 13. The summed E-state index contributed by atoms with van der Waals surface area (Å²) in [6, 6.07) is 12.7. The number of ether oxygens (including phenoxy) is 7. The summed E-state index contributed by atoms with van der Waals surface area (Å²) in [6.45, 7) is 1.21. The Balaban J connectivity index is 0.983. The number of aliphatic hydroxyl groups is 7. The summed E-state index contributed by atoms with van der Waals surface area (Å²) < 4.78 is 43.5. The van der Waals surface area contributed by atoms with Crippen LogP contribution in [-0.2, 0) is 67.2 Å². The molecular weight excluding hydrogens is 1620 g/mol. The Hall–Kier alpha value is -12.1. The average molecular weight is 1700 g/mol. The number of phenolic OH excluding ortho intramolecular Hbond substituents is 4. The Morgan fingerprint density at radius 2 is 1.18 bits per heavy atom. The normalized spacial score (nSPS) is 26.8. The smallest absolute Gasteiger partial charge is 0.335 e. The van der Waals surface area contributed by atoms with Crippen molar-refractivity contribution in [2.45, 2.75) is 149 Å². The van der Waals surface area contributed by atoms with Gasteiger partial charge in [-0.2, -0.15) is 0 Å². The topological polar surface area (TPSA) is 566 Å². The van der Waals surface area contributed by atoms with Crippen molar-refractivity contribution < 1.29 is 138 Å². The minimum absolute atomic E-state index is 0.121. The number of unbranched alkanes of at least 4 members (excludes halogenated alkanes) is 1. The van der Waals surface area contributed by atoms with Gasteiger partial charge in [-0.3, -0.25) is 33.7 Å². The highest BCUT2D eigenvalue weighted by molar-refractivity contribution is 6.33. The van der Waals surface area contributed by atoms with Crippen LogP contribution in [0.3, 0.4) is 0 Å². The molecule has 36 nitrogen and oxygen atoms in total. The van der Waals surface area contributed by atoms with Gasteiger partial charge in [0.1, 0.15) is 119 Å². The molecule has 8 aliphatic rings. The first-order valence-corrected chi connectivity index (χ1v) is 38.3. The van der Waals surface area contributed by atoms with Gasteiger partial charge in [0, 0.05) is 47.4 Å². The third-order valence-electron chi connectivity index (χ3n) is 21.3. The van der Waals surface area contributed by atoms with Gasteiger partial charge in [0.25, 0.3) is 0 Å². The van der Waals surface area contributed by atoms with E-state index in [1.165, 1.54) is 42.5 Å². The summed E-state index contributed by atoms with van der Waals surface area (Å²) in [4.78, 5) is 124. The number of fused-ring (bicyclic) bond motifs is 14. The fraction of sp³-hybridized carbons (Fsp3) is 0.317. The molecule has 120 heavy (non-hydrogen) atoms. The highest BCUT2D eigenvalue weighted by Crippen LogP contribution is 2.50. The molecule has 8 aromatic rings. The largest absolute Gasteiger partial charge is 0.508 e. The van der Waals surface area contributed by atoms with Gasteiger partial charge in [-0.1, -0.05) is 91.1 Å². The molecule has 17 bridgehead atoms. The van der Waals surface area contributed by atoms with Crippen LogP contribution in [-0.4, -0.2) is 206 Å². The Morgan fingerprint density at radius 3 is 1.88 bits per heavy atom. The number of hydrogen-bond acceptors (Lipinski definition) is 28. The zero-order valence-electron chi connectivity index (χ0n) is 63.1.